The van der Waals surface area contributed by atoms with Gasteiger partial charge in [0.25, 0.3) is 0 Å². The van der Waals surface area contributed by atoms with Gasteiger partial charge in [-0.05, 0) is 58.7 Å². The number of phenolic OH excluding ortho intramolecular Hbond substituents is 2. The molecular formula is C26H27ClO5. The first-order chi connectivity index (χ1) is 15.1. The highest BCUT2D eigenvalue weighted by Crippen LogP contribution is 2.41. The highest BCUT2D eigenvalue weighted by atomic mass is 35.5. The minimum absolute atomic E-state index is 0.0560. The Kier molecular flexibility index (Phi) is 6.99. The Labute approximate surface area is 192 Å². The van der Waals surface area contributed by atoms with Crippen LogP contribution in [0.1, 0.15) is 38.8 Å². The predicted octanol–water partition coefficient (Wildman–Crippen LogP) is 6.55. The molecule has 0 aliphatic carbocycles. The minimum Gasteiger partial charge on any atom is -0.507 e. The van der Waals surface area contributed by atoms with Crippen molar-refractivity contribution in [2.75, 3.05) is 7.11 Å². The van der Waals surface area contributed by atoms with Gasteiger partial charge >= 0.3 is 0 Å². The molecule has 6 heteroatoms. The largest absolute Gasteiger partial charge is 0.507 e. The Morgan fingerprint density at radius 1 is 1.00 bits per heavy atom. The van der Waals surface area contributed by atoms with Crippen molar-refractivity contribution in [2.24, 2.45) is 0 Å². The summed E-state index contributed by atoms with van der Waals surface area (Å²) in [6.45, 7) is 7.76. The maximum atomic E-state index is 13.1. The molecule has 0 atom stereocenters. The summed E-state index contributed by atoms with van der Waals surface area (Å²) in [5.41, 5.74) is 3.19. The standard InChI is InChI=1S/C26H27ClO5/c1-14(2)6-9-17-24(29)18(10-7-15(3)4)26-23(25(17)30)20(28)13-22(32-26)16-8-11-21(31-5)19(27)12-16/h6-8,11-13,29-30H,9-10H2,1-5H3. The molecule has 0 saturated heterocycles. The first-order valence-corrected chi connectivity index (χ1v) is 10.7. The molecule has 2 N–H and O–H groups in total. The Hall–Kier alpha value is -3.18. The summed E-state index contributed by atoms with van der Waals surface area (Å²) in [5.74, 6) is 0.449. The molecule has 168 valence electrons. The van der Waals surface area contributed by atoms with E-state index in [0.29, 0.717) is 40.3 Å². The van der Waals surface area contributed by atoms with Crippen LogP contribution in [0.2, 0.25) is 5.02 Å². The summed E-state index contributed by atoms with van der Waals surface area (Å²) >= 11 is 6.25. The first-order valence-electron chi connectivity index (χ1n) is 10.3. The highest BCUT2D eigenvalue weighted by molar-refractivity contribution is 6.32. The number of halogens is 1. The average Bonchev–Trinajstić information content (AvgIpc) is 2.72. The lowest BCUT2D eigenvalue weighted by Gasteiger charge is -2.15. The average molecular weight is 455 g/mol. The second kappa shape index (κ2) is 9.53. The predicted molar refractivity (Wildman–Crippen MR) is 129 cm³/mol. The zero-order chi connectivity index (χ0) is 23.6. The van der Waals surface area contributed by atoms with Gasteiger partial charge < -0.3 is 19.4 Å². The van der Waals surface area contributed by atoms with E-state index in [1.54, 1.807) is 18.2 Å². The van der Waals surface area contributed by atoms with Crippen LogP contribution >= 0.6 is 11.6 Å². The molecule has 32 heavy (non-hydrogen) atoms. The summed E-state index contributed by atoms with van der Waals surface area (Å²) in [6, 6.07) is 6.38. The second-order valence-corrected chi connectivity index (χ2v) is 8.56. The minimum atomic E-state index is -0.400. The summed E-state index contributed by atoms with van der Waals surface area (Å²) in [4.78, 5) is 13.1. The molecule has 0 amide bonds. The van der Waals surface area contributed by atoms with Gasteiger partial charge in [-0.25, -0.2) is 0 Å². The lowest BCUT2D eigenvalue weighted by molar-refractivity contribution is 0.415. The van der Waals surface area contributed by atoms with Gasteiger partial charge in [0.15, 0.2) is 5.43 Å². The Morgan fingerprint density at radius 3 is 2.19 bits per heavy atom. The van der Waals surface area contributed by atoms with Crippen molar-refractivity contribution in [1.82, 2.24) is 0 Å². The van der Waals surface area contributed by atoms with Crippen molar-refractivity contribution in [3.63, 3.8) is 0 Å². The molecule has 0 unspecified atom stereocenters. The number of methoxy groups -OCH3 is 1. The van der Waals surface area contributed by atoms with Gasteiger partial charge in [-0.15, -0.1) is 0 Å². The van der Waals surface area contributed by atoms with Crippen LogP contribution in [0.15, 0.2) is 56.8 Å². The normalized spacial score (nSPS) is 10.8. The fraction of sp³-hybridized carbons (Fsp3) is 0.269. The van der Waals surface area contributed by atoms with Crippen LogP contribution in [0.3, 0.4) is 0 Å². The summed E-state index contributed by atoms with van der Waals surface area (Å²) in [7, 11) is 1.52. The lowest BCUT2D eigenvalue weighted by atomic mass is 9.96. The van der Waals surface area contributed by atoms with E-state index >= 15 is 0 Å². The van der Waals surface area contributed by atoms with E-state index < -0.39 is 5.43 Å². The molecule has 2 aromatic carbocycles. The zero-order valence-corrected chi connectivity index (χ0v) is 19.6. The fourth-order valence-electron chi connectivity index (χ4n) is 3.44. The van der Waals surface area contributed by atoms with Gasteiger partial charge in [-0.2, -0.15) is 0 Å². The fourth-order valence-corrected chi connectivity index (χ4v) is 3.70. The van der Waals surface area contributed by atoms with Gasteiger partial charge in [0.1, 0.15) is 34.0 Å². The van der Waals surface area contributed by atoms with Gasteiger partial charge in [0, 0.05) is 22.8 Å². The summed E-state index contributed by atoms with van der Waals surface area (Å²) < 4.78 is 11.3. The molecule has 0 aliphatic heterocycles. The molecule has 5 nitrogen and oxygen atoms in total. The van der Waals surface area contributed by atoms with Gasteiger partial charge in [0.2, 0.25) is 0 Å². The maximum Gasteiger partial charge on any atom is 0.197 e. The van der Waals surface area contributed by atoms with Crippen molar-refractivity contribution in [2.45, 2.75) is 40.5 Å². The quantitative estimate of drug-likeness (QED) is 0.413. The number of rotatable bonds is 6. The lowest BCUT2D eigenvalue weighted by Crippen LogP contribution is -2.05. The van der Waals surface area contributed by atoms with Crippen molar-refractivity contribution < 1.29 is 19.4 Å². The maximum absolute atomic E-state index is 13.1. The second-order valence-electron chi connectivity index (χ2n) is 8.15. The molecule has 0 fully saturated rings. The molecule has 3 aromatic rings. The Balaban J connectivity index is 2.34. The molecule has 0 bridgehead atoms. The van der Waals surface area contributed by atoms with E-state index in [0.717, 1.165) is 11.1 Å². The number of aromatic hydroxyl groups is 2. The van der Waals surface area contributed by atoms with E-state index in [-0.39, 0.29) is 28.2 Å². The van der Waals surface area contributed by atoms with Gasteiger partial charge in [0.05, 0.1) is 12.1 Å². The third-order valence-electron chi connectivity index (χ3n) is 5.18. The van der Waals surface area contributed by atoms with Crippen molar-refractivity contribution in [1.29, 1.82) is 0 Å². The number of hydrogen-bond acceptors (Lipinski definition) is 5. The van der Waals surface area contributed by atoms with E-state index in [9.17, 15) is 15.0 Å². The number of allylic oxidation sites excluding steroid dienone is 4. The molecule has 3 rings (SSSR count). The number of fused-ring (bicyclic) bond motifs is 1. The molecule has 0 saturated carbocycles. The van der Waals surface area contributed by atoms with Gasteiger partial charge in [-0.1, -0.05) is 34.9 Å². The number of benzene rings is 2. The third kappa shape index (κ3) is 4.68. The monoisotopic (exact) mass is 454 g/mol. The SMILES string of the molecule is COc1ccc(-c2cc(=O)c3c(O)c(CC=C(C)C)c(O)c(CC=C(C)C)c3o2)cc1Cl. The van der Waals surface area contributed by atoms with Crippen LogP contribution in [0.5, 0.6) is 17.2 Å². The number of ether oxygens (including phenoxy) is 1. The van der Waals surface area contributed by atoms with E-state index in [4.69, 9.17) is 20.8 Å². The smallest absolute Gasteiger partial charge is 0.197 e. The van der Waals surface area contributed by atoms with Crippen LogP contribution in [0, 0.1) is 0 Å². The van der Waals surface area contributed by atoms with Crippen LogP contribution in [-0.4, -0.2) is 17.3 Å². The van der Waals surface area contributed by atoms with Crippen LogP contribution in [0.25, 0.3) is 22.3 Å². The molecular weight excluding hydrogens is 428 g/mol. The Morgan fingerprint density at radius 2 is 1.62 bits per heavy atom. The molecule has 1 aromatic heterocycles. The number of hydrogen-bond donors (Lipinski definition) is 2. The van der Waals surface area contributed by atoms with Crippen molar-refractivity contribution in [3.8, 4) is 28.6 Å². The number of phenols is 2. The molecule has 1 heterocycles. The zero-order valence-electron chi connectivity index (χ0n) is 18.9. The Bertz CT molecular complexity index is 1290. The van der Waals surface area contributed by atoms with Crippen LogP contribution < -0.4 is 10.2 Å². The summed E-state index contributed by atoms with van der Waals surface area (Å²) in [6.07, 6.45) is 4.48. The molecule has 0 aliphatic rings. The first kappa shape index (κ1) is 23.5. The molecule has 0 radical (unpaired) electrons. The van der Waals surface area contributed by atoms with E-state index in [1.807, 2.05) is 39.8 Å². The summed E-state index contributed by atoms with van der Waals surface area (Å²) in [5, 5.41) is 22.4. The highest BCUT2D eigenvalue weighted by Gasteiger charge is 2.23. The topological polar surface area (TPSA) is 79.9 Å². The van der Waals surface area contributed by atoms with Crippen LogP contribution in [0.4, 0.5) is 0 Å². The van der Waals surface area contributed by atoms with Gasteiger partial charge in [-0.3, -0.25) is 4.79 Å². The van der Waals surface area contributed by atoms with Crippen molar-refractivity contribution >= 4 is 22.6 Å². The van der Waals surface area contributed by atoms with Crippen LogP contribution in [-0.2, 0) is 12.8 Å². The third-order valence-corrected chi connectivity index (χ3v) is 5.48. The molecule has 0 spiro atoms. The van der Waals surface area contributed by atoms with Crippen molar-refractivity contribution in [3.05, 3.63) is 73.9 Å². The van der Waals surface area contributed by atoms with E-state index in [2.05, 4.69) is 0 Å². The van der Waals surface area contributed by atoms with E-state index in [1.165, 1.54) is 13.2 Å².